The van der Waals surface area contributed by atoms with Crippen LogP contribution < -0.4 is 15.4 Å². The van der Waals surface area contributed by atoms with Crippen LogP contribution in [-0.4, -0.2) is 55.1 Å². The minimum Gasteiger partial charge on any atom is -0.508 e. The van der Waals surface area contributed by atoms with Crippen molar-refractivity contribution in [1.29, 1.82) is 0 Å². The standard InChI is InChI=1S/C16H22N2O6/c19-6-8-23-7-5-18-16(22)17-4-3-11-9-15(21)24-14-10-12(20)1-2-13(11)14/h1-2,10-11,19-20H,3-9H2,(H2,17,18,22). The van der Waals surface area contributed by atoms with Crippen LogP contribution in [0.15, 0.2) is 18.2 Å². The van der Waals surface area contributed by atoms with Gasteiger partial charge in [-0.25, -0.2) is 4.79 Å². The van der Waals surface area contributed by atoms with Gasteiger partial charge >= 0.3 is 12.0 Å². The number of rotatable bonds is 8. The fourth-order valence-corrected chi connectivity index (χ4v) is 2.51. The third kappa shape index (κ3) is 5.39. The van der Waals surface area contributed by atoms with Crippen molar-refractivity contribution >= 4 is 12.0 Å². The van der Waals surface area contributed by atoms with Crippen molar-refractivity contribution < 1.29 is 29.3 Å². The molecule has 1 aliphatic heterocycles. The average Bonchev–Trinajstić information content (AvgIpc) is 2.54. The minimum absolute atomic E-state index is 0.0446. The van der Waals surface area contributed by atoms with Crippen LogP contribution in [0.2, 0.25) is 0 Å². The van der Waals surface area contributed by atoms with Crippen LogP contribution in [0.5, 0.6) is 11.5 Å². The van der Waals surface area contributed by atoms with Crippen molar-refractivity contribution in [3.63, 3.8) is 0 Å². The molecule has 1 aliphatic rings. The molecule has 24 heavy (non-hydrogen) atoms. The summed E-state index contributed by atoms with van der Waals surface area (Å²) in [5, 5.41) is 23.4. The number of carbonyl (C=O) groups excluding carboxylic acids is 2. The minimum atomic E-state index is -0.344. The van der Waals surface area contributed by atoms with Crippen LogP contribution in [0.25, 0.3) is 0 Å². The lowest BCUT2D eigenvalue weighted by Gasteiger charge is -2.24. The second-order valence-electron chi connectivity index (χ2n) is 5.40. The Morgan fingerprint density at radius 3 is 2.88 bits per heavy atom. The van der Waals surface area contributed by atoms with Crippen LogP contribution in [0.4, 0.5) is 4.79 Å². The first-order chi connectivity index (χ1) is 11.6. The second kappa shape index (κ2) is 9.09. The average molecular weight is 338 g/mol. The molecule has 0 bridgehead atoms. The normalized spacial score (nSPS) is 16.2. The highest BCUT2D eigenvalue weighted by atomic mass is 16.5. The highest BCUT2D eigenvalue weighted by Crippen LogP contribution is 2.37. The van der Waals surface area contributed by atoms with E-state index in [1.54, 1.807) is 12.1 Å². The number of phenolic OH excluding ortho intramolecular Hbond substituents is 1. The second-order valence-corrected chi connectivity index (χ2v) is 5.40. The summed E-state index contributed by atoms with van der Waals surface area (Å²) in [5.41, 5.74) is 0.854. The van der Waals surface area contributed by atoms with Gasteiger partial charge in [0.15, 0.2) is 0 Å². The molecule has 132 valence electrons. The van der Waals surface area contributed by atoms with Crippen molar-refractivity contribution in [2.24, 2.45) is 0 Å². The van der Waals surface area contributed by atoms with Gasteiger partial charge in [0.25, 0.3) is 0 Å². The zero-order valence-electron chi connectivity index (χ0n) is 13.3. The van der Waals surface area contributed by atoms with E-state index in [-0.39, 0.29) is 43.3 Å². The predicted molar refractivity (Wildman–Crippen MR) is 85.0 cm³/mol. The van der Waals surface area contributed by atoms with E-state index in [0.717, 1.165) is 5.56 Å². The maximum absolute atomic E-state index is 11.6. The lowest BCUT2D eigenvalue weighted by atomic mass is 9.90. The van der Waals surface area contributed by atoms with E-state index >= 15 is 0 Å². The van der Waals surface area contributed by atoms with Crippen molar-refractivity contribution in [2.45, 2.75) is 18.8 Å². The van der Waals surface area contributed by atoms with Gasteiger partial charge in [-0.15, -0.1) is 0 Å². The molecule has 8 nitrogen and oxygen atoms in total. The number of aromatic hydroxyl groups is 1. The first-order valence-corrected chi connectivity index (χ1v) is 7.84. The molecular formula is C16H22N2O6. The lowest BCUT2D eigenvalue weighted by Crippen LogP contribution is -2.38. The van der Waals surface area contributed by atoms with E-state index in [9.17, 15) is 14.7 Å². The zero-order valence-corrected chi connectivity index (χ0v) is 13.3. The molecule has 0 radical (unpaired) electrons. The number of carbonyl (C=O) groups is 2. The summed E-state index contributed by atoms with van der Waals surface area (Å²) in [6, 6.07) is 4.40. The number of nitrogens with one attached hydrogen (secondary N) is 2. The summed E-state index contributed by atoms with van der Waals surface area (Å²) in [5.74, 6) is 0.0171. The topological polar surface area (TPSA) is 117 Å². The van der Waals surface area contributed by atoms with Gasteiger partial charge in [0.05, 0.1) is 26.2 Å². The molecule has 0 saturated carbocycles. The maximum Gasteiger partial charge on any atom is 0.314 e. The Morgan fingerprint density at radius 1 is 1.29 bits per heavy atom. The lowest BCUT2D eigenvalue weighted by molar-refractivity contribution is -0.135. The summed E-state index contributed by atoms with van der Waals surface area (Å²) < 4.78 is 10.2. The van der Waals surface area contributed by atoms with E-state index < -0.39 is 0 Å². The molecule has 2 amide bonds. The summed E-state index contributed by atoms with van der Waals surface area (Å²) in [7, 11) is 0. The predicted octanol–water partition coefficient (Wildman–Crippen LogP) is 0.483. The van der Waals surface area contributed by atoms with Crippen molar-refractivity contribution in [1.82, 2.24) is 10.6 Å². The third-order valence-electron chi connectivity index (χ3n) is 3.62. The molecule has 0 aliphatic carbocycles. The Bertz CT molecular complexity index is 578. The van der Waals surface area contributed by atoms with E-state index in [2.05, 4.69) is 10.6 Å². The number of ether oxygens (including phenoxy) is 2. The Kier molecular flexibility index (Phi) is 6.83. The van der Waals surface area contributed by atoms with E-state index in [1.165, 1.54) is 6.07 Å². The van der Waals surface area contributed by atoms with Crippen molar-refractivity contribution in [2.75, 3.05) is 32.9 Å². The van der Waals surface area contributed by atoms with E-state index in [1.807, 2.05) is 0 Å². The highest BCUT2D eigenvalue weighted by molar-refractivity contribution is 5.77. The summed E-state index contributed by atoms with van der Waals surface area (Å²) >= 11 is 0. The first-order valence-electron chi connectivity index (χ1n) is 7.84. The number of hydrogen-bond acceptors (Lipinski definition) is 6. The molecule has 4 N–H and O–H groups in total. The zero-order chi connectivity index (χ0) is 17.4. The molecule has 1 aromatic rings. The molecule has 8 heteroatoms. The van der Waals surface area contributed by atoms with Gasteiger partial charge < -0.3 is 30.3 Å². The number of hydrogen-bond donors (Lipinski definition) is 4. The van der Waals surface area contributed by atoms with Crippen LogP contribution >= 0.6 is 0 Å². The number of esters is 1. The number of aliphatic hydroxyl groups is 1. The van der Waals surface area contributed by atoms with Gasteiger partial charge in [0.1, 0.15) is 11.5 Å². The van der Waals surface area contributed by atoms with Crippen LogP contribution in [0.1, 0.15) is 24.3 Å². The SMILES string of the molecule is O=C(NCCOCCO)NCCC1CC(=O)Oc2cc(O)ccc21. The number of fused-ring (bicyclic) bond motifs is 1. The molecule has 2 rings (SSSR count). The fourth-order valence-electron chi connectivity index (χ4n) is 2.51. The molecular weight excluding hydrogens is 316 g/mol. The Balaban J connectivity index is 1.74. The molecule has 1 unspecified atom stereocenters. The number of urea groups is 1. The maximum atomic E-state index is 11.6. The van der Waals surface area contributed by atoms with Gasteiger partial charge in [0.2, 0.25) is 0 Å². The molecule has 0 spiro atoms. The molecule has 0 aromatic heterocycles. The summed E-state index contributed by atoms with van der Waals surface area (Å²) in [4.78, 5) is 23.3. The quantitative estimate of drug-likeness (QED) is 0.311. The molecule has 0 fully saturated rings. The third-order valence-corrected chi connectivity index (χ3v) is 3.62. The van der Waals surface area contributed by atoms with E-state index in [4.69, 9.17) is 14.6 Å². The Labute approximate surface area is 139 Å². The fraction of sp³-hybridized carbons (Fsp3) is 0.500. The van der Waals surface area contributed by atoms with Gasteiger partial charge in [-0.3, -0.25) is 4.79 Å². The van der Waals surface area contributed by atoms with Crippen LogP contribution in [-0.2, 0) is 9.53 Å². The smallest absolute Gasteiger partial charge is 0.314 e. The number of phenols is 1. The Hall–Kier alpha value is -2.32. The van der Waals surface area contributed by atoms with Crippen molar-refractivity contribution in [3.05, 3.63) is 23.8 Å². The van der Waals surface area contributed by atoms with Gasteiger partial charge in [0, 0.05) is 19.2 Å². The van der Waals surface area contributed by atoms with E-state index in [0.29, 0.717) is 31.9 Å². The number of amides is 2. The largest absolute Gasteiger partial charge is 0.508 e. The molecule has 1 atom stereocenters. The molecule has 1 aromatic carbocycles. The number of benzene rings is 1. The van der Waals surface area contributed by atoms with Crippen molar-refractivity contribution in [3.8, 4) is 11.5 Å². The van der Waals surface area contributed by atoms with Gasteiger partial charge in [-0.05, 0) is 24.0 Å². The van der Waals surface area contributed by atoms with Crippen LogP contribution in [0, 0.1) is 0 Å². The first kappa shape index (κ1) is 18.0. The van der Waals surface area contributed by atoms with Crippen LogP contribution in [0.3, 0.4) is 0 Å². The molecule has 1 heterocycles. The summed E-state index contributed by atoms with van der Waals surface area (Å²) in [6.07, 6.45) is 0.831. The van der Waals surface area contributed by atoms with Gasteiger partial charge in [-0.1, -0.05) is 6.07 Å². The summed E-state index contributed by atoms with van der Waals surface area (Å²) in [6.45, 7) is 1.29. The molecule has 0 saturated heterocycles. The number of aliphatic hydroxyl groups excluding tert-OH is 1. The van der Waals surface area contributed by atoms with Gasteiger partial charge in [-0.2, -0.15) is 0 Å². The monoisotopic (exact) mass is 338 g/mol. The highest BCUT2D eigenvalue weighted by Gasteiger charge is 2.27. The Morgan fingerprint density at radius 2 is 2.08 bits per heavy atom.